The molecule has 24 heavy (non-hydrogen) atoms. The Labute approximate surface area is 140 Å². The third-order valence-electron chi connectivity index (χ3n) is 5.34. The molecule has 5 atom stereocenters. The van der Waals surface area contributed by atoms with Gasteiger partial charge in [-0.2, -0.15) is 0 Å². The molecule has 0 radical (unpaired) electrons. The van der Waals surface area contributed by atoms with E-state index in [0.717, 1.165) is 19.4 Å². The van der Waals surface area contributed by atoms with Gasteiger partial charge < -0.3 is 14.7 Å². The van der Waals surface area contributed by atoms with Crippen LogP contribution in [0.4, 0.5) is 0 Å². The summed E-state index contributed by atoms with van der Waals surface area (Å²) in [6.45, 7) is 7.29. The number of carboxylic acid groups (broad SMARTS) is 1. The second kappa shape index (κ2) is 6.51. The second-order valence-corrected chi connectivity index (χ2v) is 6.90. The van der Waals surface area contributed by atoms with Gasteiger partial charge in [0.15, 0.2) is 5.69 Å². The van der Waals surface area contributed by atoms with Gasteiger partial charge in [0.1, 0.15) is 0 Å². The Kier molecular flexibility index (Phi) is 4.58. The lowest BCUT2D eigenvalue weighted by Crippen LogP contribution is -2.46. The van der Waals surface area contributed by atoms with Crippen molar-refractivity contribution in [3.05, 3.63) is 11.9 Å². The first-order valence-electron chi connectivity index (χ1n) is 8.48. The summed E-state index contributed by atoms with van der Waals surface area (Å²) in [5.74, 6) is -0.894. The zero-order chi connectivity index (χ0) is 17.4. The van der Waals surface area contributed by atoms with Gasteiger partial charge in [0, 0.05) is 13.1 Å². The molecule has 2 fully saturated rings. The zero-order valence-corrected chi connectivity index (χ0v) is 14.3. The first-order chi connectivity index (χ1) is 11.4. The van der Waals surface area contributed by atoms with Crippen LogP contribution >= 0.6 is 0 Å². The number of ether oxygens (including phenoxy) is 1. The summed E-state index contributed by atoms with van der Waals surface area (Å²) in [5, 5.41) is 16.5. The number of likely N-dealkylation sites (tertiary alicyclic amines) is 1. The summed E-state index contributed by atoms with van der Waals surface area (Å²) >= 11 is 0. The Morgan fingerprint density at radius 3 is 2.62 bits per heavy atom. The van der Waals surface area contributed by atoms with Crippen molar-refractivity contribution >= 4 is 11.9 Å². The number of nitrogens with zero attached hydrogens (tertiary/aromatic N) is 4. The minimum Gasteiger partial charge on any atom is -0.476 e. The molecule has 5 unspecified atom stereocenters. The molecule has 0 bridgehead atoms. The van der Waals surface area contributed by atoms with Crippen molar-refractivity contribution in [1.29, 1.82) is 0 Å². The number of rotatable bonds is 3. The monoisotopic (exact) mass is 336 g/mol. The van der Waals surface area contributed by atoms with Gasteiger partial charge in [0.25, 0.3) is 0 Å². The van der Waals surface area contributed by atoms with Crippen LogP contribution in [-0.4, -0.2) is 62.2 Å². The molecule has 1 N–H and O–H groups in total. The molecule has 1 amide bonds. The van der Waals surface area contributed by atoms with E-state index in [1.807, 2.05) is 18.7 Å². The van der Waals surface area contributed by atoms with Gasteiger partial charge in [0.05, 0.1) is 30.4 Å². The van der Waals surface area contributed by atoms with Crippen molar-refractivity contribution in [3.8, 4) is 0 Å². The number of hydrogen-bond donors (Lipinski definition) is 1. The van der Waals surface area contributed by atoms with Crippen LogP contribution in [0.2, 0.25) is 0 Å². The summed E-state index contributed by atoms with van der Waals surface area (Å²) < 4.78 is 7.37. The number of piperidine rings is 1. The Balaban J connectivity index is 1.71. The van der Waals surface area contributed by atoms with Gasteiger partial charge in [-0.05, 0) is 32.6 Å². The highest BCUT2D eigenvalue weighted by Gasteiger charge is 2.44. The van der Waals surface area contributed by atoms with Crippen LogP contribution in [0.1, 0.15) is 50.1 Å². The fraction of sp³-hybridized carbons (Fsp3) is 0.750. The quantitative estimate of drug-likeness (QED) is 0.891. The molecule has 2 aliphatic rings. The van der Waals surface area contributed by atoms with E-state index in [0.29, 0.717) is 6.54 Å². The maximum absolute atomic E-state index is 13.0. The fourth-order valence-corrected chi connectivity index (χ4v) is 3.83. The van der Waals surface area contributed by atoms with Gasteiger partial charge in [-0.25, -0.2) is 9.48 Å². The van der Waals surface area contributed by atoms with Crippen molar-refractivity contribution in [2.75, 3.05) is 13.1 Å². The molecule has 0 aliphatic carbocycles. The molecule has 8 heteroatoms. The number of hydrogen-bond acceptors (Lipinski definition) is 5. The normalized spacial score (nSPS) is 33.6. The van der Waals surface area contributed by atoms with Crippen molar-refractivity contribution in [1.82, 2.24) is 19.9 Å². The lowest BCUT2D eigenvalue weighted by Gasteiger charge is -2.35. The fourth-order valence-electron chi connectivity index (χ4n) is 3.83. The summed E-state index contributed by atoms with van der Waals surface area (Å²) in [6.07, 6.45) is 3.17. The van der Waals surface area contributed by atoms with Crippen LogP contribution < -0.4 is 0 Å². The van der Waals surface area contributed by atoms with E-state index in [9.17, 15) is 9.59 Å². The highest BCUT2D eigenvalue weighted by Crippen LogP contribution is 2.34. The third kappa shape index (κ3) is 3.02. The van der Waals surface area contributed by atoms with E-state index >= 15 is 0 Å². The van der Waals surface area contributed by atoms with Crippen LogP contribution in [0.5, 0.6) is 0 Å². The maximum atomic E-state index is 13.0. The van der Waals surface area contributed by atoms with E-state index in [2.05, 4.69) is 17.2 Å². The van der Waals surface area contributed by atoms with E-state index in [4.69, 9.17) is 9.84 Å². The number of amides is 1. The Bertz CT molecular complexity index is 631. The van der Waals surface area contributed by atoms with E-state index in [-0.39, 0.29) is 41.7 Å². The molecule has 0 saturated carbocycles. The van der Waals surface area contributed by atoms with E-state index in [1.54, 1.807) is 4.68 Å². The Morgan fingerprint density at radius 1 is 1.29 bits per heavy atom. The zero-order valence-electron chi connectivity index (χ0n) is 14.3. The van der Waals surface area contributed by atoms with Crippen molar-refractivity contribution in [3.63, 3.8) is 0 Å². The second-order valence-electron chi connectivity index (χ2n) is 6.90. The van der Waals surface area contributed by atoms with Crippen molar-refractivity contribution < 1.29 is 19.4 Å². The number of carboxylic acids is 1. The highest BCUT2D eigenvalue weighted by atomic mass is 16.5. The molecule has 0 aromatic carbocycles. The van der Waals surface area contributed by atoms with Gasteiger partial charge in [-0.15, -0.1) is 5.10 Å². The molecule has 0 spiro atoms. The first-order valence-corrected chi connectivity index (χ1v) is 8.48. The average Bonchev–Trinajstić information content (AvgIpc) is 3.13. The van der Waals surface area contributed by atoms with Gasteiger partial charge in [0.2, 0.25) is 5.91 Å². The van der Waals surface area contributed by atoms with E-state index < -0.39 is 5.97 Å². The number of aromatic nitrogens is 3. The van der Waals surface area contributed by atoms with Crippen molar-refractivity contribution in [2.24, 2.45) is 11.8 Å². The van der Waals surface area contributed by atoms with Crippen LogP contribution in [0.3, 0.4) is 0 Å². The van der Waals surface area contributed by atoms with Crippen LogP contribution in [-0.2, 0) is 9.53 Å². The van der Waals surface area contributed by atoms with Crippen molar-refractivity contribution in [2.45, 2.75) is 51.9 Å². The topological polar surface area (TPSA) is 97.5 Å². The molecule has 1 aromatic rings. The molecule has 3 rings (SSSR count). The summed E-state index contributed by atoms with van der Waals surface area (Å²) in [7, 11) is 0. The molecular formula is C16H24N4O4. The van der Waals surface area contributed by atoms with Gasteiger partial charge >= 0.3 is 5.97 Å². The van der Waals surface area contributed by atoms with Crippen LogP contribution in [0.25, 0.3) is 0 Å². The minimum absolute atomic E-state index is 0.0337. The smallest absolute Gasteiger partial charge is 0.358 e. The average molecular weight is 336 g/mol. The number of carbonyl (C=O) groups is 2. The maximum Gasteiger partial charge on any atom is 0.358 e. The molecular weight excluding hydrogens is 312 g/mol. The third-order valence-corrected chi connectivity index (χ3v) is 5.34. The number of carbonyl (C=O) groups excluding carboxylic acids is 1. The van der Waals surface area contributed by atoms with E-state index in [1.165, 1.54) is 6.20 Å². The Morgan fingerprint density at radius 2 is 2.04 bits per heavy atom. The predicted octanol–water partition coefficient (Wildman–Crippen LogP) is 1.20. The minimum atomic E-state index is -1.09. The first kappa shape index (κ1) is 16.9. The highest BCUT2D eigenvalue weighted by molar-refractivity contribution is 5.84. The molecule has 132 valence electrons. The summed E-state index contributed by atoms with van der Waals surface area (Å²) in [4.78, 5) is 25.8. The molecule has 2 aliphatic heterocycles. The largest absolute Gasteiger partial charge is 0.476 e. The summed E-state index contributed by atoms with van der Waals surface area (Å²) in [6, 6.07) is -0.0337. The van der Waals surface area contributed by atoms with Crippen LogP contribution in [0, 0.1) is 11.8 Å². The Hall–Kier alpha value is -1.96. The molecule has 2 saturated heterocycles. The van der Waals surface area contributed by atoms with Gasteiger partial charge in [-0.3, -0.25) is 4.79 Å². The lowest BCUT2D eigenvalue weighted by molar-refractivity contribution is -0.139. The molecule has 1 aromatic heterocycles. The molecule has 8 nitrogen and oxygen atoms in total. The standard InChI is InChI=1S/C16H24N4O4/c1-9-10(2)24-11(3)14(9)15(21)19-6-4-5-12(7-19)20-8-13(16(22)23)17-18-20/h8-12,14H,4-7H2,1-3H3,(H,22,23). The SMILES string of the molecule is CC1OC(C)C(C(=O)N2CCCC(n3cc(C(=O)O)nn3)C2)C1C. The predicted molar refractivity (Wildman–Crippen MR) is 84.5 cm³/mol. The lowest BCUT2D eigenvalue weighted by atomic mass is 9.87. The van der Waals surface area contributed by atoms with Gasteiger partial charge in [-0.1, -0.05) is 12.1 Å². The summed E-state index contributed by atoms with van der Waals surface area (Å²) in [5.41, 5.74) is -0.0706. The van der Waals surface area contributed by atoms with Crippen LogP contribution in [0.15, 0.2) is 6.20 Å². The number of aromatic carboxylic acids is 1. The molecule has 3 heterocycles.